The molecule has 2 aromatic carbocycles. The maximum absolute atomic E-state index is 12.6. The van der Waals surface area contributed by atoms with Crippen molar-refractivity contribution < 1.29 is 14.3 Å². The van der Waals surface area contributed by atoms with E-state index in [-0.39, 0.29) is 17.9 Å². The molecular formula is C23H27N3O3. The Labute approximate surface area is 171 Å². The van der Waals surface area contributed by atoms with E-state index in [0.29, 0.717) is 38.6 Å². The van der Waals surface area contributed by atoms with Crippen molar-refractivity contribution in [2.45, 2.75) is 38.3 Å². The molecule has 1 saturated heterocycles. The number of urea groups is 1. The fraction of sp³-hybridized carbons (Fsp3) is 0.391. The maximum atomic E-state index is 12.6. The summed E-state index contributed by atoms with van der Waals surface area (Å²) in [6.45, 7) is 1.77. The van der Waals surface area contributed by atoms with E-state index in [4.69, 9.17) is 4.74 Å². The number of ether oxygens (including phenoxy) is 1. The molecule has 3 amide bonds. The smallest absolute Gasteiger partial charge is 0.317 e. The standard InChI is InChI=1S/C23H27N3O3/c27-22(18-12-14-26(15-13-18)23(28)25-20-6-7-20)24-19-8-10-21(11-9-19)29-16-17-4-2-1-3-5-17/h1-5,8-11,18,20H,6-7,12-16H2,(H,24,27)(H,25,28). The lowest BCUT2D eigenvalue weighted by Gasteiger charge is -2.31. The number of nitrogens with one attached hydrogen (secondary N) is 2. The minimum Gasteiger partial charge on any atom is -0.489 e. The molecule has 152 valence electrons. The van der Waals surface area contributed by atoms with Crippen molar-refractivity contribution in [3.8, 4) is 5.75 Å². The van der Waals surface area contributed by atoms with Gasteiger partial charge in [0.25, 0.3) is 0 Å². The van der Waals surface area contributed by atoms with Gasteiger partial charge in [-0.1, -0.05) is 30.3 Å². The van der Waals surface area contributed by atoms with Crippen LogP contribution >= 0.6 is 0 Å². The largest absolute Gasteiger partial charge is 0.489 e. The molecule has 2 aliphatic rings. The number of amides is 3. The van der Waals surface area contributed by atoms with E-state index in [1.54, 1.807) is 0 Å². The topological polar surface area (TPSA) is 70.7 Å². The predicted octanol–water partition coefficient (Wildman–Crippen LogP) is 3.79. The van der Waals surface area contributed by atoms with Gasteiger partial charge in [0.1, 0.15) is 12.4 Å². The zero-order valence-corrected chi connectivity index (χ0v) is 16.5. The van der Waals surface area contributed by atoms with Gasteiger partial charge in [-0.05, 0) is 55.5 Å². The van der Waals surface area contributed by atoms with Crippen molar-refractivity contribution in [1.82, 2.24) is 10.2 Å². The second-order valence-electron chi connectivity index (χ2n) is 7.77. The van der Waals surface area contributed by atoms with Crippen LogP contribution in [0.2, 0.25) is 0 Å². The Hall–Kier alpha value is -3.02. The Balaban J connectivity index is 1.22. The Morgan fingerprint density at radius 1 is 0.931 bits per heavy atom. The molecule has 0 radical (unpaired) electrons. The highest BCUT2D eigenvalue weighted by Gasteiger charge is 2.30. The molecule has 29 heavy (non-hydrogen) atoms. The number of carbonyl (C=O) groups excluding carboxylic acids is 2. The summed E-state index contributed by atoms with van der Waals surface area (Å²) in [6.07, 6.45) is 3.56. The lowest BCUT2D eigenvalue weighted by molar-refractivity contribution is -0.121. The van der Waals surface area contributed by atoms with Gasteiger partial charge >= 0.3 is 6.03 Å². The van der Waals surface area contributed by atoms with Crippen LogP contribution in [-0.2, 0) is 11.4 Å². The van der Waals surface area contributed by atoms with Crippen LogP contribution in [0.1, 0.15) is 31.2 Å². The van der Waals surface area contributed by atoms with Crippen molar-refractivity contribution in [3.05, 3.63) is 60.2 Å². The first-order valence-electron chi connectivity index (χ1n) is 10.3. The molecule has 2 N–H and O–H groups in total. The molecule has 0 bridgehead atoms. The van der Waals surface area contributed by atoms with Gasteiger partial charge in [-0.15, -0.1) is 0 Å². The second-order valence-corrected chi connectivity index (χ2v) is 7.77. The first kappa shape index (κ1) is 19.3. The number of rotatable bonds is 6. The average molecular weight is 393 g/mol. The molecule has 0 unspecified atom stereocenters. The van der Waals surface area contributed by atoms with Crippen molar-refractivity contribution in [1.29, 1.82) is 0 Å². The van der Waals surface area contributed by atoms with Gasteiger partial charge in [0.05, 0.1) is 0 Å². The van der Waals surface area contributed by atoms with Crippen LogP contribution < -0.4 is 15.4 Å². The van der Waals surface area contributed by atoms with E-state index in [1.807, 2.05) is 59.5 Å². The minimum atomic E-state index is -0.0611. The third-order valence-electron chi connectivity index (χ3n) is 5.43. The average Bonchev–Trinajstić information content (AvgIpc) is 3.58. The monoisotopic (exact) mass is 393 g/mol. The predicted molar refractivity (Wildman–Crippen MR) is 112 cm³/mol. The highest BCUT2D eigenvalue weighted by atomic mass is 16.5. The van der Waals surface area contributed by atoms with Crippen LogP contribution in [0.15, 0.2) is 54.6 Å². The van der Waals surface area contributed by atoms with Gasteiger partial charge < -0.3 is 20.3 Å². The molecule has 1 aliphatic heterocycles. The molecule has 4 rings (SSSR count). The number of piperidine rings is 1. The van der Waals surface area contributed by atoms with Crippen molar-refractivity contribution in [2.75, 3.05) is 18.4 Å². The SMILES string of the molecule is O=C(Nc1ccc(OCc2ccccc2)cc1)C1CCN(C(=O)NC2CC2)CC1. The number of nitrogens with zero attached hydrogens (tertiary/aromatic N) is 1. The van der Waals surface area contributed by atoms with Gasteiger partial charge in [-0.3, -0.25) is 4.79 Å². The van der Waals surface area contributed by atoms with Gasteiger partial charge in [0.2, 0.25) is 5.91 Å². The molecule has 1 heterocycles. The summed E-state index contributed by atoms with van der Waals surface area (Å²) in [5.74, 6) is 0.723. The first-order chi connectivity index (χ1) is 14.2. The first-order valence-corrected chi connectivity index (χ1v) is 10.3. The lowest BCUT2D eigenvalue weighted by atomic mass is 9.96. The quantitative estimate of drug-likeness (QED) is 0.784. The number of benzene rings is 2. The third-order valence-corrected chi connectivity index (χ3v) is 5.43. The Bertz CT molecular complexity index is 826. The van der Waals surface area contributed by atoms with E-state index in [2.05, 4.69) is 10.6 Å². The molecule has 1 saturated carbocycles. The fourth-order valence-corrected chi connectivity index (χ4v) is 3.46. The fourth-order valence-electron chi connectivity index (χ4n) is 3.46. The molecule has 6 nitrogen and oxygen atoms in total. The van der Waals surface area contributed by atoms with E-state index < -0.39 is 0 Å². The molecule has 0 aromatic heterocycles. The van der Waals surface area contributed by atoms with Crippen LogP contribution in [0, 0.1) is 5.92 Å². The highest BCUT2D eigenvalue weighted by Crippen LogP contribution is 2.23. The number of anilines is 1. The number of carbonyl (C=O) groups is 2. The molecule has 1 aliphatic carbocycles. The summed E-state index contributed by atoms with van der Waals surface area (Å²) >= 11 is 0. The third kappa shape index (κ3) is 5.50. The molecule has 0 spiro atoms. The number of hydrogen-bond acceptors (Lipinski definition) is 3. The number of likely N-dealkylation sites (tertiary alicyclic amines) is 1. The van der Waals surface area contributed by atoms with E-state index >= 15 is 0 Å². The van der Waals surface area contributed by atoms with Gasteiger partial charge in [-0.25, -0.2) is 4.79 Å². The van der Waals surface area contributed by atoms with Crippen molar-refractivity contribution in [2.24, 2.45) is 5.92 Å². The van der Waals surface area contributed by atoms with Crippen LogP contribution in [0.25, 0.3) is 0 Å². The van der Waals surface area contributed by atoms with Crippen LogP contribution in [0.4, 0.5) is 10.5 Å². The lowest BCUT2D eigenvalue weighted by Crippen LogP contribution is -2.46. The van der Waals surface area contributed by atoms with Crippen LogP contribution in [-0.4, -0.2) is 36.0 Å². The summed E-state index contributed by atoms with van der Waals surface area (Å²) in [5, 5.41) is 5.99. The number of hydrogen-bond donors (Lipinski definition) is 2. The van der Waals surface area contributed by atoms with Gasteiger partial charge in [-0.2, -0.15) is 0 Å². The maximum Gasteiger partial charge on any atom is 0.317 e. The van der Waals surface area contributed by atoms with Crippen LogP contribution in [0.5, 0.6) is 5.75 Å². The molecule has 2 aromatic rings. The molecular weight excluding hydrogens is 366 g/mol. The molecule has 0 atom stereocenters. The summed E-state index contributed by atoms with van der Waals surface area (Å²) in [4.78, 5) is 26.5. The summed E-state index contributed by atoms with van der Waals surface area (Å²) < 4.78 is 5.78. The van der Waals surface area contributed by atoms with Crippen LogP contribution in [0.3, 0.4) is 0 Å². The van der Waals surface area contributed by atoms with Gasteiger partial charge in [0.15, 0.2) is 0 Å². The Kier molecular flexibility index (Phi) is 5.98. The minimum absolute atomic E-state index is 0.0115. The van der Waals surface area contributed by atoms with E-state index in [1.165, 1.54) is 0 Å². The van der Waals surface area contributed by atoms with Crippen molar-refractivity contribution >= 4 is 17.6 Å². The Morgan fingerprint density at radius 2 is 1.62 bits per heavy atom. The molecule has 6 heteroatoms. The Morgan fingerprint density at radius 3 is 2.28 bits per heavy atom. The van der Waals surface area contributed by atoms with Gasteiger partial charge in [0, 0.05) is 30.7 Å². The highest BCUT2D eigenvalue weighted by molar-refractivity contribution is 5.92. The van der Waals surface area contributed by atoms with E-state index in [9.17, 15) is 9.59 Å². The normalized spacial score (nSPS) is 16.9. The zero-order chi connectivity index (χ0) is 20.1. The zero-order valence-electron chi connectivity index (χ0n) is 16.5. The summed E-state index contributed by atoms with van der Waals surface area (Å²) in [6, 6.07) is 17.8. The second kappa shape index (κ2) is 8.99. The summed E-state index contributed by atoms with van der Waals surface area (Å²) in [5.41, 5.74) is 1.87. The summed E-state index contributed by atoms with van der Waals surface area (Å²) in [7, 11) is 0. The van der Waals surface area contributed by atoms with E-state index in [0.717, 1.165) is 29.8 Å². The van der Waals surface area contributed by atoms with Crippen molar-refractivity contribution in [3.63, 3.8) is 0 Å². The molecule has 2 fully saturated rings.